The quantitative estimate of drug-likeness (QED) is 0.110. The summed E-state index contributed by atoms with van der Waals surface area (Å²) in [7, 11) is 0. The lowest BCUT2D eigenvalue weighted by molar-refractivity contribution is 0.624. The van der Waals surface area contributed by atoms with Gasteiger partial charge in [0.05, 0.1) is 58.2 Å². The van der Waals surface area contributed by atoms with Gasteiger partial charge in [-0.3, -0.25) is 9.13 Å². The number of imidazole rings is 4. The predicted molar refractivity (Wildman–Crippen MR) is 209 cm³/mol. The highest BCUT2D eigenvalue weighted by atomic mass is 19.1. The second-order valence-corrected chi connectivity index (χ2v) is 13.2. The molecule has 14 nitrogen and oxygen atoms in total. The van der Waals surface area contributed by atoms with Gasteiger partial charge in [0.2, 0.25) is 0 Å². The smallest absolute Gasteiger partial charge is 0.182 e. The van der Waals surface area contributed by atoms with Crippen molar-refractivity contribution in [2.24, 2.45) is 0 Å². The summed E-state index contributed by atoms with van der Waals surface area (Å²) < 4.78 is 59.2. The minimum Gasteiger partial charge on any atom is -0.358 e. The number of hydrogen-bond acceptors (Lipinski definition) is 10. The molecule has 0 saturated heterocycles. The Labute approximate surface area is 325 Å². The van der Waals surface area contributed by atoms with Crippen molar-refractivity contribution in [1.82, 2.24) is 59.0 Å². The summed E-state index contributed by atoms with van der Waals surface area (Å²) in [5, 5.41) is 6.59. The molecule has 0 saturated carbocycles. The molecule has 0 spiro atoms. The minimum absolute atomic E-state index is 0.338. The first kappa shape index (κ1) is 35.9. The van der Waals surface area contributed by atoms with E-state index >= 15 is 0 Å². The molecular formula is C40H30F4N14. The monoisotopic (exact) mass is 782 g/mol. The van der Waals surface area contributed by atoms with Crippen LogP contribution in [0.25, 0.3) is 55.8 Å². The Morgan fingerprint density at radius 2 is 0.948 bits per heavy atom. The molecule has 6 aromatic heterocycles. The molecule has 0 aliphatic carbocycles. The van der Waals surface area contributed by atoms with Crippen LogP contribution in [0, 0.1) is 23.3 Å². The van der Waals surface area contributed by atoms with Gasteiger partial charge in [-0.05, 0) is 74.5 Å². The predicted octanol–water partition coefficient (Wildman–Crippen LogP) is 8.29. The highest BCUT2D eigenvalue weighted by molar-refractivity contribution is 5.84. The van der Waals surface area contributed by atoms with Crippen molar-refractivity contribution in [2.75, 3.05) is 10.6 Å². The van der Waals surface area contributed by atoms with Crippen LogP contribution >= 0.6 is 0 Å². The molecule has 0 aliphatic rings. The average Bonchev–Trinajstić information content (AvgIpc) is 4.03. The Hall–Kier alpha value is -7.76. The molecule has 0 radical (unpaired) electrons. The number of anilines is 2. The molecule has 4 N–H and O–H groups in total. The van der Waals surface area contributed by atoms with Gasteiger partial charge in [-0.15, -0.1) is 0 Å². The Kier molecular flexibility index (Phi) is 9.11. The zero-order valence-electron chi connectivity index (χ0n) is 30.5. The van der Waals surface area contributed by atoms with Crippen LogP contribution in [-0.4, -0.2) is 59.0 Å². The molecule has 4 aromatic carbocycles. The molecule has 6 heterocycles. The van der Waals surface area contributed by atoms with Gasteiger partial charge in [-0.2, -0.15) is 0 Å². The average molecular weight is 783 g/mol. The second-order valence-electron chi connectivity index (χ2n) is 13.2. The normalized spacial score (nSPS) is 12.5. The van der Waals surface area contributed by atoms with Gasteiger partial charge in [-0.1, -0.05) is 12.1 Å². The van der Waals surface area contributed by atoms with Crippen molar-refractivity contribution >= 4 is 56.0 Å². The van der Waals surface area contributed by atoms with Crippen LogP contribution in [0.4, 0.5) is 29.2 Å². The number of halogens is 4. The van der Waals surface area contributed by atoms with Gasteiger partial charge in [0, 0.05) is 12.1 Å². The summed E-state index contributed by atoms with van der Waals surface area (Å²) in [5.41, 5.74) is 5.82. The van der Waals surface area contributed by atoms with E-state index in [0.717, 1.165) is 0 Å². The number of benzene rings is 4. The van der Waals surface area contributed by atoms with Gasteiger partial charge >= 0.3 is 0 Å². The summed E-state index contributed by atoms with van der Waals surface area (Å²) in [6.45, 7) is 3.80. The van der Waals surface area contributed by atoms with Gasteiger partial charge in [0.15, 0.2) is 22.9 Å². The van der Waals surface area contributed by atoms with E-state index in [4.69, 9.17) is 0 Å². The van der Waals surface area contributed by atoms with Gasteiger partial charge in [0.25, 0.3) is 0 Å². The van der Waals surface area contributed by atoms with Crippen molar-refractivity contribution in [3.63, 3.8) is 0 Å². The molecule has 0 aliphatic heterocycles. The van der Waals surface area contributed by atoms with E-state index in [-0.39, 0.29) is 23.7 Å². The fraction of sp³-hybridized carbons (Fsp3) is 0.100. The molecule has 2 atom stereocenters. The number of aromatic nitrogens is 12. The van der Waals surface area contributed by atoms with Crippen molar-refractivity contribution in [2.45, 2.75) is 25.9 Å². The number of aromatic amines is 2. The van der Waals surface area contributed by atoms with Gasteiger partial charge in [0.1, 0.15) is 58.6 Å². The summed E-state index contributed by atoms with van der Waals surface area (Å²) in [6.07, 6.45) is 5.92. The maximum atomic E-state index is 13.9. The van der Waals surface area contributed by atoms with E-state index in [0.29, 0.717) is 79.1 Å². The Morgan fingerprint density at radius 3 is 1.38 bits per heavy atom. The fourth-order valence-corrected chi connectivity index (χ4v) is 6.78. The molecule has 10 aromatic rings. The molecule has 10 rings (SSSR count). The van der Waals surface area contributed by atoms with Crippen LogP contribution in [-0.2, 0) is 0 Å². The van der Waals surface area contributed by atoms with Gasteiger partial charge < -0.3 is 20.6 Å². The summed E-state index contributed by atoms with van der Waals surface area (Å²) in [6, 6.07) is 20.2. The first-order valence-corrected chi connectivity index (χ1v) is 17.9. The molecule has 0 amide bonds. The topological polar surface area (TPSA) is 169 Å². The molecule has 288 valence electrons. The first-order valence-electron chi connectivity index (χ1n) is 17.9. The van der Waals surface area contributed by atoms with Crippen LogP contribution in [0.3, 0.4) is 0 Å². The van der Waals surface area contributed by atoms with Crippen LogP contribution in [0.1, 0.15) is 37.6 Å². The standard InChI is InChI=1S/2C20H15F2N7/c2*1-11(27-19-17-18(24-9-23-17)25-10-26-19)20-28-15-6-5-13(22)8-16(15)29(20)14-4-2-3-12(21)7-14/h2*2-11H,1H3,(H2,23,24,25,26,27)/t2*11-/m10/s1. The molecular weight excluding hydrogens is 753 g/mol. The number of fused-ring (bicyclic) bond motifs is 4. The van der Waals surface area contributed by atoms with E-state index in [1.807, 2.05) is 13.8 Å². The second kappa shape index (κ2) is 14.7. The highest BCUT2D eigenvalue weighted by Gasteiger charge is 2.22. The largest absolute Gasteiger partial charge is 0.358 e. The van der Waals surface area contributed by atoms with E-state index < -0.39 is 11.6 Å². The third-order valence-electron chi connectivity index (χ3n) is 9.34. The zero-order chi connectivity index (χ0) is 39.9. The van der Waals surface area contributed by atoms with Crippen LogP contribution in [0.5, 0.6) is 0 Å². The maximum absolute atomic E-state index is 13.9. The molecule has 0 bridgehead atoms. The fourth-order valence-electron chi connectivity index (χ4n) is 6.78. The Bertz CT molecular complexity index is 2890. The van der Waals surface area contributed by atoms with Gasteiger partial charge in [-0.25, -0.2) is 57.4 Å². The summed E-state index contributed by atoms with van der Waals surface area (Å²) in [5.74, 6) is 0.733. The third-order valence-corrected chi connectivity index (χ3v) is 9.34. The van der Waals surface area contributed by atoms with E-state index in [9.17, 15) is 17.6 Å². The molecule has 0 unspecified atom stereocenters. The van der Waals surface area contributed by atoms with Crippen molar-refractivity contribution in [3.8, 4) is 11.4 Å². The van der Waals surface area contributed by atoms with Crippen molar-refractivity contribution in [1.29, 1.82) is 0 Å². The molecule has 0 fully saturated rings. The Balaban J connectivity index is 0.000000150. The van der Waals surface area contributed by atoms with E-state index in [1.54, 1.807) is 58.2 Å². The van der Waals surface area contributed by atoms with Crippen LogP contribution in [0.2, 0.25) is 0 Å². The molecule has 58 heavy (non-hydrogen) atoms. The molecule has 18 heteroatoms. The number of nitrogens with zero attached hydrogens (tertiary/aromatic N) is 10. The minimum atomic E-state index is -0.391. The summed E-state index contributed by atoms with van der Waals surface area (Å²) in [4.78, 5) is 40.4. The number of H-pyrrole nitrogens is 2. The highest BCUT2D eigenvalue weighted by Crippen LogP contribution is 2.31. The number of nitrogens with one attached hydrogen (secondary N) is 4. The van der Waals surface area contributed by atoms with E-state index in [1.165, 1.54) is 61.2 Å². The zero-order valence-corrected chi connectivity index (χ0v) is 30.5. The van der Waals surface area contributed by atoms with Crippen LogP contribution in [0.15, 0.2) is 110 Å². The SMILES string of the molecule is C[C@@H](Nc1ncnc2nc[nH]c12)c1nc2ccc(F)cc2n1-c1cccc(F)c1.C[C@H](Nc1ncnc2nc[nH]c12)c1nc2ccc(F)cc2n1-c1cccc(F)c1. The lowest BCUT2D eigenvalue weighted by atomic mass is 10.2. The van der Waals surface area contributed by atoms with Crippen molar-refractivity contribution in [3.05, 3.63) is 145 Å². The van der Waals surface area contributed by atoms with E-state index in [2.05, 4.69) is 60.5 Å². The number of rotatable bonds is 8. The number of hydrogen-bond donors (Lipinski definition) is 4. The third kappa shape index (κ3) is 6.76. The Morgan fingerprint density at radius 1 is 0.517 bits per heavy atom. The maximum Gasteiger partial charge on any atom is 0.182 e. The summed E-state index contributed by atoms with van der Waals surface area (Å²) >= 11 is 0. The lowest BCUT2D eigenvalue weighted by Gasteiger charge is -2.17. The van der Waals surface area contributed by atoms with Crippen molar-refractivity contribution < 1.29 is 17.6 Å². The van der Waals surface area contributed by atoms with Crippen LogP contribution < -0.4 is 10.6 Å². The lowest BCUT2D eigenvalue weighted by Crippen LogP contribution is -2.14. The first-order chi connectivity index (χ1) is 28.2.